The number of benzene rings is 1. The second kappa shape index (κ2) is 8.40. The highest BCUT2D eigenvalue weighted by atomic mass is 16.6. The van der Waals surface area contributed by atoms with Crippen molar-refractivity contribution in [3.05, 3.63) is 29.8 Å². The molecule has 2 N–H and O–H groups in total. The first-order chi connectivity index (χ1) is 12.5. The summed E-state index contributed by atoms with van der Waals surface area (Å²) in [4.78, 5) is 7.45. The maximum absolute atomic E-state index is 10.6. The van der Waals surface area contributed by atoms with Crippen LogP contribution in [0, 0.1) is 23.7 Å². The molecule has 2 aliphatic carbocycles. The number of fused-ring (bicyclic) bond motifs is 1. The number of likely N-dealkylation sites (N-methyl/N-ethyl adjacent to an activating group) is 1. The molecule has 2 unspecified atom stereocenters. The third-order valence-electron chi connectivity index (χ3n) is 6.19. The van der Waals surface area contributed by atoms with Gasteiger partial charge < -0.3 is 20.0 Å². The Balaban J connectivity index is 1.62. The topological polar surface area (TPSA) is 65.3 Å². The summed E-state index contributed by atoms with van der Waals surface area (Å²) in [5.74, 6) is 2.37. The molecule has 5 heteroatoms. The van der Waals surface area contributed by atoms with Crippen LogP contribution in [0.25, 0.3) is 0 Å². The van der Waals surface area contributed by atoms with Crippen molar-refractivity contribution >= 4 is 6.21 Å². The molecule has 5 nitrogen and oxygen atoms in total. The first kappa shape index (κ1) is 19.2. The van der Waals surface area contributed by atoms with E-state index in [1.807, 2.05) is 32.4 Å². The summed E-state index contributed by atoms with van der Waals surface area (Å²) >= 11 is 0. The van der Waals surface area contributed by atoms with Gasteiger partial charge in [0.15, 0.2) is 0 Å². The van der Waals surface area contributed by atoms with Crippen LogP contribution in [-0.4, -0.2) is 54.7 Å². The number of aliphatic hydroxyl groups excluding tert-OH is 1. The molecule has 144 valence electrons. The number of oxime groups is 1. The number of aromatic hydroxyl groups is 1. The highest BCUT2D eigenvalue weighted by Crippen LogP contribution is 2.52. The van der Waals surface area contributed by atoms with Crippen LogP contribution in [0.15, 0.2) is 29.4 Å². The minimum atomic E-state index is -0.263. The fourth-order valence-corrected chi connectivity index (χ4v) is 4.95. The molecule has 1 aromatic rings. The lowest BCUT2D eigenvalue weighted by Gasteiger charge is -2.39. The lowest BCUT2D eigenvalue weighted by Crippen LogP contribution is -2.34. The minimum Gasteiger partial charge on any atom is -0.508 e. The van der Waals surface area contributed by atoms with Crippen LogP contribution in [-0.2, 0) is 4.84 Å². The van der Waals surface area contributed by atoms with E-state index in [2.05, 4.69) is 17.0 Å². The highest BCUT2D eigenvalue weighted by molar-refractivity contribution is 5.61. The van der Waals surface area contributed by atoms with Gasteiger partial charge in [-0.2, -0.15) is 0 Å². The summed E-state index contributed by atoms with van der Waals surface area (Å²) in [6, 6.07) is 7.56. The molecule has 0 amide bonds. The highest BCUT2D eigenvalue weighted by Gasteiger charge is 2.48. The maximum atomic E-state index is 10.6. The third-order valence-corrected chi connectivity index (χ3v) is 6.19. The van der Waals surface area contributed by atoms with E-state index in [1.54, 1.807) is 12.1 Å². The van der Waals surface area contributed by atoms with Gasteiger partial charge in [0.2, 0.25) is 0 Å². The number of phenolic OH excluding ortho intramolecular Hbond substituents is 1. The lowest BCUT2D eigenvalue weighted by atomic mass is 9.66. The summed E-state index contributed by atoms with van der Waals surface area (Å²) in [7, 11) is 4.03. The van der Waals surface area contributed by atoms with E-state index in [0.29, 0.717) is 41.9 Å². The summed E-state index contributed by atoms with van der Waals surface area (Å²) in [5.41, 5.74) is 1.27. The van der Waals surface area contributed by atoms with Gasteiger partial charge in [-0.05, 0) is 74.7 Å². The molecule has 2 saturated carbocycles. The van der Waals surface area contributed by atoms with Crippen LogP contribution in [0.4, 0.5) is 0 Å². The fourth-order valence-electron chi connectivity index (χ4n) is 4.95. The van der Waals surface area contributed by atoms with E-state index in [9.17, 15) is 10.2 Å². The van der Waals surface area contributed by atoms with Crippen LogP contribution >= 0.6 is 0 Å². The molecule has 0 saturated heterocycles. The average Bonchev–Trinajstić information content (AvgIpc) is 2.91. The molecule has 0 aliphatic heterocycles. The molecular formula is C21H32N2O3. The van der Waals surface area contributed by atoms with E-state index < -0.39 is 0 Å². The van der Waals surface area contributed by atoms with Gasteiger partial charge in [0.25, 0.3) is 0 Å². The summed E-state index contributed by atoms with van der Waals surface area (Å²) in [5, 5.41) is 24.3. The number of phenols is 1. The molecule has 0 aromatic heterocycles. The Morgan fingerprint density at radius 1 is 1.19 bits per heavy atom. The molecule has 26 heavy (non-hydrogen) atoms. The zero-order chi connectivity index (χ0) is 18.7. The molecule has 1 aromatic carbocycles. The summed E-state index contributed by atoms with van der Waals surface area (Å²) in [6.07, 6.45) is 4.57. The van der Waals surface area contributed by atoms with Crippen LogP contribution in [0.3, 0.4) is 0 Å². The van der Waals surface area contributed by atoms with Crippen molar-refractivity contribution in [3.63, 3.8) is 0 Å². The van der Waals surface area contributed by atoms with Crippen molar-refractivity contribution in [2.75, 3.05) is 27.2 Å². The Morgan fingerprint density at radius 2 is 1.92 bits per heavy atom. The largest absolute Gasteiger partial charge is 0.508 e. The van der Waals surface area contributed by atoms with Gasteiger partial charge in [-0.1, -0.05) is 24.2 Å². The van der Waals surface area contributed by atoms with Gasteiger partial charge in [-0.25, -0.2) is 0 Å². The van der Waals surface area contributed by atoms with Crippen molar-refractivity contribution in [2.45, 2.75) is 38.2 Å². The first-order valence-corrected chi connectivity index (χ1v) is 9.73. The monoisotopic (exact) mass is 360 g/mol. The van der Waals surface area contributed by atoms with Crippen molar-refractivity contribution < 1.29 is 15.1 Å². The second-order valence-electron chi connectivity index (χ2n) is 8.34. The standard InChI is InChI=1S/C21H32N2O3/c1-14-10-16(15-4-6-18(24)7-5-15)11-19-20(25)12-17(21(14)19)13-22-26-9-8-23(2)3/h4-7,13-14,16-17,19-21,24-25H,8-12H2,1-3H3/b22-13+/t14?,16-,17+,19+,20?,21+/m0/s1. The van der Waals surface area contributed by atoms with E-state index >= 15 is 0 Å². The summed E-state index contributed by atoms with van der Waals surface area (Å²) in [6.45, 7) is 3.74. The SMILES string of the molecule is CC1C[C@H](c2ccc(O)cc2)C[C@@H]2C(O)C[C@H](/C=N/OCCN(C)C)[C@@H]12. The molecule has 0 spiro atoms. The van der Waals surface area contributed by atoms with Gasteiger partial charge in [0.1, 0.15) is 12.4 Å². The Labute approximate surface area is 156 Å². The van der Waals surface area contributed by atoms with Crippen LogP contribution < -0.4 is 0 Å². The smallest absolute Gasteiger partial charge is 0.129 e. The predicted molar refractivity (Wildman–Crippen MR) is 103 cm³/mol. The lowest BCUT2D eigenvalue weighted by molar-refractivity contribution is 0.0659. The number of rotatable bonds is 6. The van der Waals surface area contributed by atoms with Crippen LogP contribution in [0.2, 0.25) is 0 Å². The number of hydrogen-bond donors (Lipinski definition) is 2. The van der Waals surface area contributed by atoms with Gasteiger partial charge in [-0.3, -0.25) is 0 Å². The van der Waals surface area contributed by atoms with E-state index in [4.69, 9.17) is 4.84 Å². The number of nitrogens with zero attached hydrogens (tertiary/aromatic N) is 2. The Kier molecular flexibility index (Phi) is 6.20. The van der Waals surface area contributed by atoms with Gasteiger partial charge in [0, 0.05) is 18.7 Å². The molecule has 2 aliphatic rings. The van der Waals surface area contributed by atoms with Crippen molar-refractivity contribution in [2.24, 2.45) is 28.8 Å². The van der Waals surface area contributed by atoms with E-state index in [1.165, 1.54) is 5.56 Å². The zero-order valence-corrected chi connectivity index (χ0v) is 16.1. The Hall–Kier alpha value is -1.59. The number of hydrogen-bond acceptors (Lipinski definition) is 5. The third kappa shape index (κ3) is 4.38. The molecule has 0 heterocycles. The fraction of sp³-hybridized carbons (Fsp3) is 0.667. The predicted octanol–water partition coefficient (Wildman–Crippen LogP) is 3.08. The molecular weight excluding hydrogens is 328 g/mol. The Morgan fingerprint density at radius 3 is 2.62 bits per heavy atom. The minimum absolute atomic E-state index is 0.263. The summed E-state index contributed by atoms with van der Waals surface area (Å²) < 4.78 is 0. The van der Waals surface area contributed by atoms with Gasteiger partial charge in [0.05, 0.1) is 6.10 Å². The first-order valence-electron chi connectivity index (χ1n) is 9.73. The van der Waals surface area contributed by atoms with E-state index in [0.717, 1.165) is 25.8 Å². The Bertz CT molecular complexity index is 602. The molecule has 0 bridgehead atoms. The molecule has 3 rings (SSSR count). The molecule has 0 radical (unpaired) electrons. The van der Waals surface area contributed by atoms with Crippen molar-refractivity contribution in [1.82, 2.24) is 4.90 Å². The maximum Gasteiger partial charge on any atom is 0.129 e. The molecule has 6 atom stereocenters. The van der Waals surface area contributed by atoms with Gasteiger partial charge in [-0.15, -0.1) is 0 Å². The van der Waals surface area contributed by atoms with Crippen LogP contribution in [0.5, 0.6) is 5.75 Å². The van der Waals surface area contributed by atoms with Crippen molar-refractivity contribution in [3.8, 4) is 5.75 Å². The van der Waals surface area contributed by atoms with E-state index in [-0.39, 0.29) is 6.10 Å². The quantitative estimate of drug-likeness (QED) is 0.465. The normalized spacial score (nSPS) is 34.3. The van der Waals surface area contributed by atoms with Crippen molar-refractivity contribution in [1.29, 1.82) is 0 Å². The number of aliphatic hydroxyl groups is 1. The zero-order valence-electron chi connectivity index (χ0n) is 16.1. The average molecular weight is 360 g/mol. The van der Waals surface area contributed by atoms with Gasteiger partial charge >= 0.3 is 0 Å². The second-order valence-corrected chi connectivity index (χ2v) is 8.34. The molecule has 2 fully saturated rings. The van der Waals surface area contributed by atoms with Crippen LogP contribution in [0.1, 0.15) is 37.7 Å².